The Morgan fingerprint density at radius 2 is 1.52 bits per heavy atom. The highest BCUT2D eigenvalue weighted by molar-refractivity contribution is 5.87. The highest BCUT2D eigenvalue weighted by Crippen LogP contribution is 2.62. The molecular weight excluding hydrogens is 354 g/mol. The van der Waals surface area contributed by atoms with Gasteiger partial charge in [-0.1, -0.05) is 30.3 Å². The average Bonchev–Trinajstić information content (AvgIpc) is 2.67. The Morgan fingerprint density at radius 1 is 0.862 bits per heavy atom. The van der Waals surface area contributed by atoms with E-state index < -0.39 is 0 Å². The monoisotopic (exact) mass is 385 g/mol. The van der Waals surface area contributed by atoms with E-state index >= 15 is 0 Å². The molecule has 5 aliphatic rings. The Morgan fingerprint density at radius 3 is 2.10 bits per heavy atom. The van der Waals surface area contributed by atoms with Crippen LogP contribution >= 0.6 is 0 Å². The molecule has 4 bridgehead atoms. The number of phenols is 1. The topological polar surface area (TPSA) is 32.6 Å². The van der Waals surface area contributed by atoms with Crippen molar-refractivity contribution in [2.24, 2.45) is 22.7 Å². The van der Waals surface area contributed by atoms with Crippen LogP contribution in [0.2, 0.25) is 0 Å². The lowest BCUT2D eigenvalue weighted by Gasteiger charge is -2.57. The molecule has 0 radical (unpaired) electrons. The highest BCUT2D eigenvalue weighted by atomic mass is 16.3. The summed E-state index contributed by atoms with van der Waals surface area (Å²) in [6, 6.07) is 15.6. The van der Waals surface area contributed by atoms with Crippen LogP contribution in [0.3, 0.4) is 0 Å². The highest BCUT2D eigenvalue weighted by Gasteiger charge is 2.52. The van der Waals surface area contributed by atoms with Gasteiger partial charge >= 0.3 is 0 Å². The lowest BCUT2D eigenvalue weighted by molar-refractivity contribution is -0.00611. The molecule has 2 nitrogen and oxygen atoms in total. The van der Waals surface area contributed by atoms with E-state index in [-0.39, 0.29) is 5.41 Å². The first kappa shape index (κ1) is 17.7. The summed E-state index contributed by atoms with van der Waals surface area (Å²) in [4.78, 5) is 4.80. The van der Waals surface area contributed by atoms with E-state index in [2.05, 4.69) is 42.5 Å². The van der Waals surface area contributed by atoms with Gasteiger partial charge in [-0.25, -0.2) is 0 Å². The number of phenolic OH excluding ortho intramolecular Hbond substituents is 1. The normalized spacial score (nSPS) is 33.3. The molecule has 5 fully saturated rings. The average molecular weight is 386 g/mol. The molecule has 2 aromatic rings. The van der Waals surface area contributed by atoms with Gasteiger partial charge in [0.15, 0.2) is 0 Å². The Balaban J connectivity index is 1.47. The van der Waals surface area contributed by atoms with Crippen LogP contribution in [0.5, 0.6) is 5.75 Å². The van der Waals surface area contributed by atoms with Crippen molar-refractivity contribution < 1.29 is 5.11 Å². The molecule has 0 aliphatic heterocycles. The number of hydrogen-bond acceptors (Lipinski definition) is 2. The number of benzene rings is 2. The molecule has 0 aromatic heterocycles. The molecule has 150 valence electrons. The van der Waals surface area contributed by atoms with E-state index in [0.29, 0.717) is 11.8 Å². The van der Waals surface area contributed by atoms with Gasteiger partial charge in [0, 0.05) is 23.4 Å². The van der Waals surface area contributed by atoms with E-state index in [0.717, 1.165) is 23.3 Å². The molecule has 1 N–H and O–H groups in total. The molecule has 0 unspecified atom stereocenters. The fraction of sp³-hybridized carbons (Fsp3) is 0.519. The quantitative estimate of drug-likeness (QED) is 0.599. The summed E-state index contributed by atoms with van der Waals surface area (Å²) in [5, 5.41) is 11.4. The van der Waals surface area contributed by atoms with E-state index in [1.807, 2.05) is 6.21 Å². The van der Waals surface area contributed by atoms with Crippen LogP contribution in [0.4, 0.5) is 0 Å². The van der Waals surface area contributed by atoms with E-state index in [4.69, 9.17) is 4.99 Å². The minimum Gasteiger partial charge on any atom is -0.507 e. The standard InChI is InChI=1S/C27H31NO/c29-26-23(17-28-24-7-4-8-24)12-22(21-5-2-1-3-6-21)13-25(26)27-14-18-9-19(15-27)11-20(10-18)16-27/h1-3,5-6,12-13,17-20,24,29H,4,7-11,14-16H2. The third-order valence-corrected chi connectivity index (χ3v) is 8.36. The molecule has 0 saturated heterocycles. The number of aliphatic imine (C=N–C) groups is 1. The maximum Gasteiger partial charge on any atom is 0.128 e. The summed E-state index contributed by atoms with van der Waals surface area (Å²) < 4.78 is 0. The largest absolute Gasteiger partial charge is 0.507 e. The van der Waals surface area contributed by atoms with E-state index in [9.17, 15) is 5.11 Å². The summed E-state index contributed by atoms with van der Waals surface area (Å²) in [6.45, 7) is 0. The molecule has 5 aliphatic carbocycles. The summed E-state index contributed by atoms with van der Waals surface area (Å²) in [6.07, 6.45) is 13.7. The predicted octanol–water partition coefficient (Wildman–Crippen LogP) is 6.50. The number of hydrogen-bond donors (Lipinski definition) is 1. The fourth-order valence-corrected chi connectivity index (χ4v) is 7.12. The maximum absolute atomic E-state index is 11.4. The minimum absolute atomic E-state index is 0.183. The first-order valence-corrected chi connectivity index (χ1v) is 11.6. The Labute approximate surface area is 174 Å². The van der Waals surface area contributed by atoms with Crippen LogP contribution in [0.1, 0.15) is 68.9 Å². The van der Waals surface area contributed by atoms with Gasteiger partial charge < -0.3 is 5.11 Å². The Hall–Kier alpha value is -2.09. The molecule has 29 heavy (non-hydrogen) atoms. The molecule has 2 aromatic carbocycles. The smallest absolute Gasteiger partial charge is 0.128 e. The number of nitrogens with zero attached hydrogens (tertiary/aromatic N) is 1. The van der Waals surface area contributed by atoms with Gasteiger partial charge in [0.2, 0.25) is 0 Å². The fourth-order valence-electron chi connectivity index (χ4n) is 7.12. The second-order valence-electron chi connectivity index (χ2n) is 10.4. The van der Waals surface area contributed by atoms with Gasteiger partial charge in [-0.15, -0.1) is 0 Å². The second kappa shape index (κ2) is 6.72. The summed E-state index contributed by atoms with van der Waals surface area (Å²) in [5.74, 6) is 3.11. The van der Waals surface area contributed by atoms with Crippen molar-refractivity contribution in [1.29, 1.82) is 0 Å². The van der Waals surface area contributed by atoms with Crippen LogP contribution in [-0.2, 0) is 5.41 Å². The summed E-state index contributed by atoms with van der Waals surface area (Å²) in [7, 11) is 0. The third-order valence-electron chi connectivity index (χ3n) is 8.36. The lowest BCUT2D eigenvalue weighted by Crippen LogP contribution is -2.48. The first-order valence-electron chi connectivity index (χ1n) is 11.6. The van der Waals surface area contributed by atoms with Gasteiger partial charge in [0.05, 0.1) is 0 Å². The van der Waals surface area contributed by atoms with Crippen molar-refractivity contribution in [1.82, 2.24) is 0 Å². The van der Waals surface area contributed by atoms with Crippen LogP contribution in [0.15, 0.2) is 47.5 Å². The van der Waals surface area contributed by atoms with Gasteiger partial charge in [-0.3, -0.25) is 4.99 Å². The summed E-state index contributed by atoms with van der Waals surface area (Å²) in [5.41, 5.74) is 4.78. The Bertz CT molecular complexity index is 905. The van der Waals surface area contributed by atoms with Crippen LogP contribution < -0.4 is 0 Å². The van der Waals surface area contributed by atoms with Crippen molar-refractivity contribution in [3.05, 3.63) is 53.6 Å². The molecule has 0 heterocycles. The van der Waals surface area contributed by atoms with Crippen LogP contribution in [0.25, 0.3) is 11.1 Å². The van der Waals surface area contributed by atoms with Gasteiger partial charge in [0.1, 0.15) is 5.75 Å². The minimum atomic E-state index is 0.183. The van der Waals surface area contributed by atoms with E-state index in [1.165, 1.54) is 74.5 Å². The number of aromatic hydroxyl groups is 1. The predicted molar refractivity (Wildman–Crippen MR) is 119 cm³/mol. The molecule has 5 saturated carbocycles. The van der Waals surface area contributed by atoms with Crippen molar-refractivity contribution in [3.63, 3.8) is 0 Å². The molecule has 2 heteroatoms. The van der Waals surface area contributed by atoms with Gasteiger partial charge in [0.25, 0.3) is 0 Å². The molecular formula is C27H31NO. The van der Waals surface area contributed by atoms with Gasteiger partial charge in [-0.2, -0.15) is 0 Å². The zero-order chi connectivity index (χ0) is 19.4. The van der Waals surface area contributed by atoms with E-state index in [1.54, 1.807) is 0 Å². The van der Waals surface area contributed by atoms with Crippen molar-refractivity contribution in [2.45, 2.75) is 69.2 Å². The lowest BCUT2D eigenvalue weighted by atomic mass is 9.48. The first-order chi connectivity index (χ1) is 14.2. The molecule has 0 amide bonds. The number of rotatable bonds is 4. The molecule has 0 spiro atoms. The SMILES string of the molecule is Oc1c(C=NC2CCC2)cc(-c2ccccc2)cc1C12CC3CC(CC(C3)C1)C2. The molecule has 0 atom stereocenters. The van der Waals surface area contributed by atoms with Gasteiger partial charge in [-0.05, 0) is 104 Å². The second-order valence-corrected chi connectivity index (χ2v) is 10.4. The molecule has 7 rings (SSSR count). The van der Waals surface area contributed by atoms with Crippen molar-refractivity contribution >= 4 is 6.21 Å². The zero-order valence-corrected chi connectivity index (χ0v) is 17.2. The van der Waals surface area contributed by atoms with Crippen molar-refractivity contribution in [3.8, 4) is 16.9 Å². The Kier molecular flexibility index (Phi) is 4.11. The third kappa shape index (κ3) is 3.03. The zero-order valence-electron chi connectivity index (χ0n) is 17.2. The maximum atomic E-state index is 11.4. The summed E-state index contributed by atoms with van der Waals surface area (Å²) >= 11 is 0. The van der Waals surface area contributed by atoms with Crippen molar-refractivity contribution in [2.75, 3.05) is 0 Å². The van der Waals surface area contributed by atoms with Crippen LogP contribution in [0, 0.1) is 17.8 Å². The van der Waals surface area contributed by atoms with Crippen LogP contribution in [-0.4, -0.2) is 17.4 Å².